The second kappa shape index (κ2) is 8.85. The number of methoxy groups -OCH3 is 1. The Morgan fingerprint density at radius 1 is 1.15 bits per heavy atom. The van der Waals surface area contributed by atoms with Gasteiger partial charge in [0.15, 0.2) is 0 Å². The molecule has 0 fully saturated rings. The van der Waals surface area contributed by atoms with E-state index in [1.165, 1.54) is 0 Å². The average molecular weight is 349 g/mol. The second-order valence-electron chi connectivity index (χ2n) is 6.04. The molecule has 2 aromatic carbocycles. The first kappa shape index (κ1) is 17.7. The number of carbonyl (C=O) groups excluding carboxylic acids is 1. The van der Waals surface area contributed by atoms with Crippen molar-refractivity contribution in [2.24, 2.45) is 0 Å². The SMILES string of the molecule is COc1cccc(CC(=O)NCCCn2ccnc2-c2ccccc2)c1. The molecule has 0 saturated heterocycles. The third-order valence-corrected chi connectivity index (χ3v) is 4.14. The number of carbonyl (C=O) groups is 1. The summed E-state index contributed by atoms with van der Waals surface area (Å²) in [4.78, 5) is 16.5. The highest BCUT2D eigenvalue weighted by atomic mass is 16.5. The Hall–Kier alpha value is -3.08. The fourth-order valence-electron chi connectivity index (χ4n) is 2.84. The molecular weight excluding hydrogens is 326 g/mol. The zero-order chi connectivity index (χ0) is 18.2. The largest absolute Gasteiger partial charge is 0.497 e. The predicted octanol–water partition coefficient (Wildman–Crippen LogP) is 3.31. The topological polar surface area (TPSA) is 56.1 Å². The standard InChI is InChI=1S/C21H23N3O2/c1-26-19-10-5-7-17(15-19)16-20(25)22-11-6-13-24-14-12-23-21(24)18-8-3-2-4-9-18/h2-5,7-10,12,14-15H,6,11,13,16H2,1H3,(H,22,25). The van der Waals surface area contributed by atoms with E-state index in [9.17, 15) is 4.79 Å². The van der Waals surface area contributed by atoms with E-state index in [0.717, 1.165) is 35.7 Å². The molecule has 1 N–H and O–H groups in total. The molecule has 3 aromatic rings. The number of nitrogens with one attached hydrogen (secondary N) is 1. The number of amides is 1. The first-order valence-electron chi connectivity index (χ1n) is 8.72. The van der Waals surface area contributed by atoms with E-state index < -0.39 is 0 Å². The zero-order valence-corrected chi connectivity index (χ0v) is 14.9. The number of nitrogens with zero attached hydrogens (tertiary/aromatic N) is 2. The van der Waals surface area contributed by atoms with Gasteiger partial charge in [0.1, 0.15) is 11.6 Å². The van der Waals surface area contributed by atoms with Crippen LogP contribution in [0.3, 0.4) is 0 Å². The molecule has 0 bridgehead atoms. The summed E-state index contributed by atoms with van der Waals surface area (Å²) in [6.45, 7) is 1.44. The highest BCUT2D eigenvalue weighted by Gasteiger charge is 2.06. The lowest BCUT2D eigenvalue weighted by atomic mass is 10.1. The molecule has 0 aliphatic carbocycles. The van der Waals surface area contributed by atoms with Crippen LogP contribution in [0.15, 0.2) is 67.0 Å². The van der Waals surface area contributed by atoms with Crippen LogP contribution in [0.25, 0.3) is 11.4 Å². The van der Waals surface area contributed by atoms with Crippen molar-refractivity contribution in [2.45, 2.75) is 19.4 Å². The van der Waals surface area contributed by atoms with Crippen molar-refractivity contribution in [1.29, 1.82) is 0 Å². The molecule has 0 aliphatic heterocycles. The maximum Gasteiger partial charge on any atom is 0.224 e. The molecule has 26 heavy (non-hydrogen) atoms. The van der Waals surface area contributed by atoms with Gasteiger partial charge in [-0.05, 0) is 24.1 Å². The smallest absolute Gasteiger partial charge is 0.224 e. The summed E-state index contributed by atoms with van der Waals surface area (Å²) in [6, 6.07) is 17.7. The zero-order valence-electron chi connectivity index (χ0n) is 14.9. The summed E-state index contributed by atoms with van der Waals surface area (Å²) < 4.78 is 7.30. The van der Waals surface area contributed by atoms with Gasteiger partial charge in [0.2, 0.25) is 5.91 Å². The van der Waals surface area contributed by atoms with Crippen molar-refractivity contribution in [3.05, 3.63) is 72.6 Å². The fraction of sp³-hybridized carbons (Fsp3) is 0.238. The van der Waals surface area contributed by atoms with Crippen LogP contribution < -0.4 is 10.1 Å². The molecule has 1 heterocycles. The number of benzene rings is 2. The molecule has 3 rings (SSSR count). The lowest BCUT2D eigenvalue weighted by Crippen LogP contribution is -2.26. The van der Waals surface area contributed by atoms with E-state index >= 15 is 0 Å². The van der Waals surface area contributed by atoms with Crippen LogP contribution >= 0.6 is 0 Å². The molecular formula is C21H23N3O2. The van der Waals surface area contributed by atoms with E-state index in [4.69, 9.17) is 4.74 Å². The molecule has 5 heteroatoms. The van der Waals surface area contributed by atoms with Crippen LogP contribution in [-0.2, 0) is 17.8 Å². The first-order valence-corrected chi connectivity index (χ1v) is 8.72. The van der Waals surface area contributed by atoms with Gasteiger partial charge in [0.25, 0.3) is 0 Å². The Labute approximate surface area is 153 Å². The molecule has 0 aliphatic rings. The Morgan fingerprint density at radius 3 is 2.81 bits per heavy atom. The molecule has 0 saturated carbocycles. The van der Waals surface area contributed by atoms with Gasteiger partial charge in [-0.1, -0.05) is 42.5 Å². The van der Waals surface area contributed by atoms with E-state index in [2.05, 4.69) is 27.0 Å². The van der Waals surface area contributed by atoms with Crippen LogP contribution in [-0.4, -0.2) is 29.1 Å². The third-order valence-electron chi connectivity index (χ3n) is 4.14. The van der Waals surface area contributed by atoms with Crippen molar-refractivity contribution < 1.29 is 9.53 Å². The third kappa shape index (κ3) is 4.72. The maximum absolute atomic E-state index is 12.1. The summed E-state index contributed by atoms with van der Waals surface area (Å²) >= 11 is 0. The van der Waals surface area contributed by atoms with Crippen molar-refractivity contribution in [3.8, 4) is 17.1 Å². The summed E-state index contributed by atoms with van der Waals surface area (Å²) in [7, 11) is 1.62. The van der Waals surface area contributed by atoms with Gasteiger partial charge in [-0.2, -0.15) is 0 Å². The number of hydrogen-bond donors (Lipinski definition) is 1. The molecule has 0 radical (unpaired) electrons. The van der Waals surface area contributed by atoms with Crippen molar-refractivity contribution in [2.75, 3.05) is 13.7 Å². The van der Waals surface area contributed by atoms with Crippen molar-refractivity contribution in [1.82, 2.24) is 14.9 Å². The highest BCUT2D eigenvalue weighted by molar-refractivity contribution is 5.78. The van der Waals surface area contributed by atoms with E-state index in [-0.39, 0.29) is 5.91 Å². The maximum atomic E-state index is 12.1. The van der Waals surface area contributed by atoms with Crippen molar-refractivity contribution >= 4 is 5.91 Å². The van der Waals surface area contributed by atoms with E-state index in [1.54, 1.807) is 7.11 Å². The van der Waals surface area contributed by atoms with Crippen LogP contribution in [0.1, 0.15) is 12.0 Å². The number of hydrogen-bond acceptors (Lipinski definition) is 3. The van der Waals surface area contributed by atoms with Crippen LogP contribution in [0.4, 0.5) is 0 Å². The molecule has 1 aromatic heterocycles. The molecule has 0 spiro atoms. The minimum absolute atomic E-state index is 0.0205. The Bertz CT molecular complexity index is 843. The van der Waals surface area contributed by atoms with Gasteiger partial charge in [-0.25, -0.2) is 4.98 Å². The van der Waals surface area contributed by atoms with Gasteiger partial charge in [-0.3, -0.25) is 4.79 Å². The second-order valence-corrected chi connectivity index (χ2v) is 6.04. The lowest BCUT2D eigenvalue weighted by molar-refractivity contribution is -0.120. The van der Waals surface area contributed by atoms with Crippen LogP contribution in [0.5, 0.6) is 5.75 Å². The Balaban J connectivity index is 1.46. The Morgan fingerprint density at radius 2 is 2.00 bits per heavy atom. The molecule has 1 amide bonds. The summed E-state index contributed by atoms with van der Waals surface area (Å²) in [5.41, 5.74) is 2.04. The van der Waals surface area contributed by atoms with E-state index in [1.807, 2.05) is 54.9 Å². The van der Waals surface area contributed by atoms with Gasteiger partial charge < -0.3 is 14.6 Å². The number of imidazole rings is 1. The average Bonchev–Trinajstić information content (AvgIpc) is 3.14. The first-order chi connectivity index (χ1) is 12.8. The minimum atomic E-state index is 0.0205. The summed E-state index contributed by atoms with van der Waals surface area (Å²) in [6.07, 6.45) is 4.99. The highest BCUT2D eigenvalue weighted by Crippen LogP contribution is 2.17. The van der Waals surface area contributed by atoms with Gasteiger partial charge in [-0.15, -0.1) is 0 Å². The number of aromatic nitrogens is 2. The molecule has 0 unspecified atom stereocenters. The molecule has 134 valence electrons. The number of rotatable bonds is 8. The van der Waals surface area contributed by atoms with Gasteiger partial charge >= 0.3 is 0 Å². The quantitative estimate of drug-likeness (QED) is 0.635. The monoisotopic (exact) mass is 349 g/mol. The summed E-state index contributed by atoms with van der Waals surface area (Å²) in [5.74, 6) is 1.74. The van der Waals surface area contributed by atoms with E-state index in [0.29, 0.717) is 13.0 Å². The van der Waals surface area contributed by atoms with Crippen molar-refractivity contribution in [3.63, 3.8) is 0 Å². The van der Waals surface area contributed by atoms with Crippen LogP contribution in [0.2, 0.25) is 0 Å². The predicted molar refractivity (Wildman–Crippen MR) is 102 cm³/mol. The van der Waals surface area contributed by atoms with Crippen LogP contribution in [0, 0.1) is 0 Å². The van der Waals surface area contributed by atoms with Gasteiger partial charge in [0, 0.05) is 31.0 Å². The summed E-state index contributed by atoms with van der Waals surface area (Å²) in [5, 5.41) is 2.98. The Kier molecular flexibility index (Phi) is 6.04. The lowest BCUT2D eigenvalue weighted by Gasteiger charge is -2.09. The normalized spacial score (nSPS) is 10.5. The minimum Gasteiger partial charge on any atom is -0.497 e. The molecule has 5 nitrogen and oxygen atoms in total. The molecule has 0 atom stereocenters. The number of ether oxygens (including phenoxy) is 1. The number of aryl methyl sites for hydroxylation is 1. The fourth-order valence-corrected chi connectivity index (χ4v) is 2.84. The van der Waals surface area contributed by atoms with Gasteiger partial charge in [0.05, 0.1) is 13.5 Å².